The summed E-state index contributed by atoms with van der Waals surface area (Å²) in [5, 5.41) is 11.7. The van der Waals surface area contributed by atoms with Gasteiger partial charge in [0.25, 0.3) is 0 Å². The van der Waals surface area contributed by atoms with E-state index in [4.69, 9.17) is 0 Å². The number of aromatic nitrogens is 2. The molecule has 1 aromatic heterocycles. The van der Waals surface area contributed by atoms with Crippen LogP contribution in [-0.2, 0) is 10.2 Å². The van der Waals surface area contributed by atoms with Gasteiger partial charge in [0.05, 0.1) is 16.8 Å². The van der Waals surface area contributed by atoms with Gasteiger partial charge in [-0.3, -0.25) is 4.79 Å². The van der Waals surface area contributed by atoms with E-state index in [1.54, 1.807) is 18.2 Å². The minimum atomic E-state index is -0.635. The van der Waals surface area contributed by atoms with Crippen LogP contribution in [0.2, 0.25) is 0 Å². The number of hydrogen-bond donors (Lipinski definition) is 1. The molecule has 2 bridgehead atoms. The van der Waals surface area contributed by atoms with Crippen molar-refractivity contribution >= 4 is 5.91 Å². The van der Waals surface area contributed by atoms with Crippen LogP contribution in [0.3, 0.4) is 0 Å². The molecule has 0 spiro atoms. The van der Waals surface area contributed by atoms with E-state index in [0.717, 1.165) is 24.1 Å². The van der Waals surface area contributed by atoms with Crippen molar-refractivity contribution in [3.05, 3.63) is 47.4 Å². The van der Waals surface area contributed by atoms with Gasteiger partial charge in [-0.25, -0.2) is 4.39 Å². The number of rotatable bonds is 3. The van der Waals surface area contributed by atoms with Crippen LogP contribution in [0.25, 0.3) is 11.3 Å². The molecule has 0 unspecified atom stereocenters. The lowest BCUT2D eigenvalue weighted by Gasteiger charge is -2.36. The number of likely N-dealkylation sites (N-methyl/N-ethyl adjacent to an activating group) is 1. The molecule has 2 aliphatic carbocycles. The van der Waals surface area contributed by atoms with E-state index < -0.39 is 5.41 Å². The normalized spacial score (nSPS) is 25.7. The highest BCUT2D eigenvalue weighted by molar-refractivity contribution is 5.91. The zero-order chi connectivity index (χ0) is 17.8. The van der Waals surface area contributed by atoms with E-state index in [1.807, 2.05) is 13.0 Å². The first-order valence-corrected chi connectivity index (χ1v) is 8.84. The number of hydrogen-bond acceptors (Lipinski definition) is 3. The Morgan fingerprint density at radius 2 is 2.08 bits per heavy atom. The van der Waals surface area contributed by atoms with Gasteiger partial charge in [0, 0.05) is 12.1 Å². The second-order valence-electron chi connectivity index (χ2n) is 7.59. The highest BCUT2D eigenvalue weighted by Crippen LogP contribution is 2.67. The molecular formula is C20H22FN3O. The molecule has 1 fully saturated rings. The van der Waals surface area contributed by atoms with Crippen LogP contribution in [0.4, 0.5) is 4.39 Å². The van der Waals surface area contributed by atoms with E-state index >= 15 is 0 Å². The Morgan fingerprint density at radius 3 is 2.80 bits per heavy atom. The Labute approximate surface area is 146 Å². The van der Waals surface area contributed by atoms with Crippen molar-refractivity contribution in [3.8, 4) is 11.3 Å². The Morgan fingerprint density at radius 1 is 1.32 bits per heavy atom. The van der Waals surface area contributed by atoms with Crippen molar-refractivity contribution in [3.63, 3.8) is 0 Å². The van der Waals surface area contributed by atoms with Crippen LogP contribution in [0, 0.1) is 11.2 Å². The highest BCUT2D eigenvalue weighted by atomic mass is 19.1. The zero-order valence-electron chi connectivity index (χ0n) is 14.8. The topological polar surface area (TPSA) is 54.9 Å². The maximum atomic E-state index is 14.1. The number of carbonyl (C=O) groups excluding carboxylic acids is 1. The second-order valence-corrected chi connectivity index (χ2v) is 7.59. The number of carbonyl (C=O) groups is 1. The maximum absolute atomic E-state index is 14.1. The largest absolute Gasteiger partial charge is 0.356 e. The molecule has 1 amide bonds. The summed E-state index contributed by atoms with van der Waals surface area (Å²) in [5.41, 5.74) is 1.95. The third kappa shape index (κ3) is 1.95. The molecule has 5 heteroatoms. The van der Waals surface area contributed by atoms with E-state index in [9.17, 15) is 9.18 Å². The fourth-order valence-corrected chi connectivity index (χ4v) is 4.94. The number of halogens is 1. The van der Waals surface area contributed by atoms with Gasteiger partial charge in [-0.1, -0.05) is 26.0 Å². The summed E-state index contributed by atoms with van der Waals surface area (Å²) < 4.78 is 14.1. The Kier molecular flexibility index (Phi) is 3.46. The molecule has 130 valence electrons. The minimum Gasteiger partial charge on any atom is -0.356 e. The molecule has 25 heavy (non-hydrogen) atoms. The van der Waals surface area contributed by atoms with Gasteiger partial charge in [-0.2, -0.15) is 10.2 Å². The SMILES string of the molecule is CCNC(=O)[C@]12CC[C@H](c3cc(-c4ccccc4F)nnc31)C2(C)C. The summed E-state index contributed by atoms with van der Waals surface area (Å²) in [6.07, 6.45) is 1.73. The lowest BCUT2D eigenvalue weighted by molar-refractivity contribution is -0.129. The van der Waals surface area contributed by atoms with E-state index in [2.05, 4.69) is 29.4 Å². The third-order valence-corrected chi connectivity index (χ3v) is 6.26. The Bertz CT molecular complexity index is 864. The Balaban J connectivity index is 1.88. The van der Waals surface area contributed by atoms with Crippen molar-refractivity contribution < 1.29 is 9.18 Å². The maximum Gasteiger partial charge on any atom is 0.232 e. The number of nitrogens with one attached hydrogen (secondary N) is 1. The van der Waals surface area contributed by atoms with Gasteiger partial charge in [0.1, 0.15) is 5.82 Å². The Hall–Kier alpha value is -2.30. The third-order valence-electron chi connectivity index (χ3n) is 6.26. The molecule has 4 rings (SSSR count). The van der Waals surface area contributed by atoms with Gasteiger partial charge >= 0.3 is 0 Å². The first kappa shape index (κ1) is 16.2. The summed E-state index contributed by atoms with van der Waals surface area (Å²) in [7, 11) is 0. The van der Waals surface area contributed by atoms with Crippen LogP contribution in [0.15, 0.2) is 30.3 Å². The number of fused-ring (bicyclic) bond motifs is 5. The average Bonchev–Trinajstić information content (AvgIpc) is 2.97. The van der Waals surface area contributed by atoms with Crippen LogP contribution < -0.4 is 5.32 Å². The van der Waals surface area contributed by atoms with Crippen molar-refractivity contribution in [2.45, 2.75) is 44.9 Å². The summed E-state index contributed by atoms with van der Waals surface area (Å²) in [6, 6.07) is 8.53. The molecule has 2 aliphatic rings. The molecule has 0 aliphatic heterocycles. The predicted octanol–water partition coefficient (Wildman–Crippen LogP) is 3.57. The summed E-state index contributed by atoms with van der Waals surface area (Å²) in [4.78, 5) is 13.0. The predicted molar refractivity (Wildman–Crippen MR) is 93.5 cm³/mol. The molecule has 1 N–H and O–H groups in total. The monoisotopic (exact) mass is 339 g/mol. The molecule has 0 saturated heterocycles. The summed E-state index contributed by atoms with van der Waals surface area (Å²) >= 11 is 0. The fourth-order valence-electron chi connectivity index (χ4n) is 4.94. The van der Waals surface area contributed by atoms with Crippen molar-refractivity contribution in [2.24, 2.45) is 5.41 Å². The molecule has 1 heterocycles. The molecule has 1 aromatic carbocycles. The standard InChI is InChI=1S/C20H22FN3O/c1-4-22-18(25)20-10-9-14(19(20,2)3)13-11-16(23-24-17(13)20)12-7-5-6-8-15(12)21/h5-8,11,14H,4,9-10H2,1-3H3,(H,22,25)/t14-,20+/m1/s1. The quantitative estimate of drug-likeness (QED) is 0.930. The molecule has 0 radical (unpaired) electrons. The molecule has 1 saturated carbocycles. The lowest BCUT2D eigenvalue weighted by Crippen LogP contribution is -2.49. The van der Waals surface area contributed by atoms with Crippen molar-refractivity contribution in [1.29, 1.82) is 0 Å². The fraction of sp³-hybridized carbons (Fsp3) is 0.450. The number of nitrogens with zero attached hydrogens (tertiary/aromatic N) is 2. The summed E-state index contributed by atoms with van der Waals surface area (Å²) in [6.45, 7) is 6.81. The van der Waals surface area contributed by atoms with Crippen LogP contribution in [0.1, 0.15) is 50.8 Å². The molecule has 2 atom stereocenters. The van der Waals surface area contributed by atoms with Crippen LogP contribution in [-0.4, -0.2) is 22.6 Å². The minimum absolute atomic E-state index is 0.0363. The van der Waals surface area contributed by atoms with Gasteiger partial charge in [-0.15, -0.1) is 0 Å². The van der Waals surface area contributed by atoms with Crippen molar-refractivity contribution in [1.82, 2.24) is 15.5 Å². The van der Waals surface area contributed by atoms with Crippen LogP contribution >= 0.6 is 0 Å². The van der Waals surface area contributed by atoms with Gasteiger partial charge < -0.3 is 5.32 Å². The smallest absolute Gasteiger partial charge is 0.232 e. The first-order valence-electron chi connectivity index (χ1n) is 8.84. The lowest BCUT2D eigenvalue weighted by atomic mass is 9.67. The zero-order valence-corrected chi connectivity index (χ0v) is 14.8. The molecule has 2 aromatic rings. The molecular weight excluding hydrogens is 317 g/mol. The number of amides is 1. The van der Waals surface area contributed by atoms with E-state index in [-0.39, 0.29) is 23.1 Å². The second kappa shape index (κ2) is 5.35. The number of benzene rings is 1. The highest BCUT2D eigenvalue weighted by Gasteiger charge is 2.67. The molecule has 4 nitrogen and oxygen atoms in total. The van der Waals surface area contributed by atoms with Gasteiger partial charge in [0.15, 0.2) is 0 Å². The first-order chi connectivity index (χ1) is 11.9. The van der Waals surface area contributed by atoms with E-state index in [1.165, 1.54) is 6.07 Å². The summed E-state index contributed by atoms with van der Waals surface area (Å²) in [5.74, 6) is -0.0297. The van der Waals surface area contributed by atoms with E-state index in [0.29, 0.717) is 17.8 Å². The van der Waals surface area contributed by atoms with Crippen LogP contribution in [0.5, 0.6) is 0 Å². The average molecular weight is 339 g/mol. The van der Waals surface area contributed by atoms with Gasteiger partial charge in [-0.05, 0) is 54.9 Å². The van der Waals surface area contributed by atoms with Crippen molar-refractivity contribution in [2.75, 3.05) is 6.54 Å². The van der Waals surface area contributed by atoms with Gasteiger partial charge in [0.2, 0.25) is 5.91 Å².